The van der Waals surface area contributed by atoms with Crippen molar-refractivity contribution >= 4 is 5.91 Å². The van der Waals surface area contributed by atoms with Crippen LogP contribution in [0.1, 0.15) is 28.2 Å². The van der Waals surface area contributed by atoms with E-state index in [0.717, 1.165) is 6.07 Å². The van der Waals surface area contributed by atoms with Crippen molar-refractivity contribution in [3.63, 3.8) is 0 Å². The van der Waals surface area contributed by atoms with Crippen molar-refractivity contribution in [2.75, 3.05) is 7.11 Å². The molecule has 82 valence electrons. The minimum Gasteiger partial charge on any atom is -0.496 e. The van der Waals surface area contributed by atoms with Crippen molar-refractivity contribution in [1.29, 1.82) is 0 Å². The van der Waals surface area contributed by atoms with E-state index in [-0.39, 0.29) is 22.7 Å². The number of nitrogens with two attached hydrogens (primary N) is 1. The average Bonchev–Trinajstić information content (AvgIpc) is 2.15. The van der Waals surface area contributed by atoms with E-state index in [2.05, 4.69) is 4.98 Å². The summed E-state index contributed by atoms with van der Waals surface area (Å²) in [5.74, 6) is -0.858. The summed E-state index contributed by atoms with van der Waals surface area (Å²) < 4.78 is 29.9. The molecule has 15 heavy (non-hydrogen) atoms. The number of pyridine rings is 1. The molecule has 6 heteroatoms. The number of methoxy groups -OCH3 is 1. The molecule has 1 heterocycles. The van der Waals surface area contributed by atoms with E-state index < -0.39 is 12.3 Å². The Hall–Kier alpha value is -1.72. The smallest absolute Gasteiger partial charge is 0.269 e. The summed E-state index contributed by atoms with van der Waals surface area (Å²) in [5, 5.41) is 0. The number of rotatable bonds is 3. The molecular weight excluding hydrogens is 206 g/mol. The number of aryl methyl sites for hydroxylation is 1. The lowest BCUT2D eigenvalue weighted by molar-refractivity contribution is 0.0993. The summed E-state index contributed by atoms with van der Waals surface area (Å²) in [4.78, 5) is 14.5. The number of carbonyl (C=O) groups is 1. The predicted molar refractivity (Wildman–Crippen MR) is 49.0 cm³/mol. The quantitative estimate of drug-likeness (QED) is 0.831. The lowest BCUT2D eigenvalue weighted by Crippen LogP contribution is -2.15. The summed E-state index contributed by atoms with van der Waals surface area (Å²) in [6.07, 6.45) is -2.70. The molecule has 0 saturated heterocycles. The molecule has 0 bridgehead atoms. The molecule has 4 nitrogen and oxygen atoms in total. The first-order valence-electron chi connectivity index (χ1n) is 4.10. The molecule has 0 atom stereocenters. The van der Waals surface area contributed by atoms with Gasteiger partial charge in [-0.2, -0.15) is 0 Å². The van der Waals surface area contributed by atoms with Crippen LogP contribution in [0.5, 0.6) is 5.75 Å². The Labute approximate surface area is 85.1 Å². The van der Waals surface area contributed by atoms with Crippen LogP contribution in [0, 0.1) is 6.92 Å². The van der Waals surface area contributed by atoms with Crippen molar-refractivity contribution < 1.29 is 18.3 Å². The molecule has 0 aliphatic heterocycles. The second kappa shape index (κ2) is 4.20. The highest BCUT2D eigenvalue weighted by Crippen LogP contribution is 2.31. The van der Waals surface area contributed by atoms with Crippen LogP contribution < -0.4 is 10.5 Å². The zero-order chi connectivity index (χ0) is 11.6. The lowest BCUT2D eigenvalue weighted by atomic mass is 10.1. The third kappa shape index (κ3) is 2.20. The molecule has 1 rings (SSSR count). The Morgan fingerprint density at radius 2 is 2.20 bits per heavy atom. The van der Waals surface area contributed by atoms with Crippen LogP contribution in [0.3, 0.4) is 0 Å². The van der Waals surface area contributed by atoms with Crippen LogP contribution in [-0.2, 0) is 0 Å². The highest BCUT2D eigenvalue weighted by Gasteiger charge is 2.20. The van der Waals surface area contributed by atoms with Crippen LogP contribution in [-0.4, -0.2) is 18.0 Å². The number of carbonyl (C=O) groups excluding carboxylic acids is 1. The Bertz CT molecular complexity index is 394. The van der Waals surface area contributed by atoms with Crippen LogP contribution >= 0.6 is 0 Å². The van der Waals surface area contributed by atoms with Gasteiger partial charge in [0.25, 0.3) is 12.3 Å². The number of hydrogen-bond donors (Lipinski definition) is 1. The average molecular weight is 216 g/mol. The number of ether oxygens (including phenoxy) is 1. The molecule has 1 aromatic rings. The van der Waals surface area contributed by atoms with Crippen molar-refractivity contribution in [3.8, 4) is 5.75 Å². The van der Waals surface area contributed by atoms with Gasteiger partial charge in [0.05, 0.1) is 18.4 Å². The SMILES string of the molecule is COc1cc(C(N)=O)nc(C)c1C(F)F. The van der Waals surface area contributed by atoms with Gasteiger partial charge in [-0.15, -0.1) is 0 Å². The fourth-order valence-corrected chi connectivity index (χ4v) is 1.21. The van der Waals surface area contributed by atoms with E-state index in [0.29, 0.717) is 0 Å². The molecule has 0 saturated carbocycles. The number of alkyl halides is 2. The number of primary amides is 1. The van der Waals surface area contributed by atoms with Crippen molar-refractivity contribution in [3.05, 3.63) is 23.0 Å². The zero-order valence-corrected chi connectivity index (χ0v) is 8.25. The van der Waals surface area contributed by atoms with Gasteiger partial charge < -0.3 is 10.5 Å². The first kappa shape index (κ1) is 11.4. The standard InChI is InChI=1S/C9H10F2N2O2/c1-4-7(8(10)11)6(15-2)3-5(13-4)9(12)14/h3,8H,1-2H3,(H2,12,14). The van der Waals surface area contributed by atoms with Gasteiger partial charge in [0.2, 0.25) is 0 Å². The Kier molecular flexibility index (Phi) is 3.18. The molecule has 1 amide bonds. The maximum Gasteiger partial charge on any atom is 0.269 e. The van der Waals surface area contributed by atoms with Crippen molar-refractivity contribution in [2.45, 2.75) is 13.3 Å². The molecule has 0 aromatic carbocycles. The lowest BCUT2D eigenvalue weighted by Gasteiger charge is -2.11. The van der Waals surface area contributed by atoms with Crippen LogP contribution in [0.25, 0.3) is 0 Å². The molecule has 0 aliphatic carbocycles. The topological polar surface area (TPSA) is 65.2 Å². The van der Waals surface area contributed by atoms with Gasteiger partial charge in [0.1, 0.15) is 11.4 Å². The number of hydrogen-bond acceptors (Lipinski definition) is 3. The molecule has 1 aromatic heterocycles. The maximum absolute atomic E-state index is 12.6. The highest BCUT2D eigenvalue weighted by atomic mass is 19.3. The largest absolute Gasteiger partial charge is 0.496 e. The minimum atomic E-state index is -2.70. The fourth-order valence-electron chi connectivity index (χ4n) is 1.21. The number of halogens is 2. The second-order valence-electron chi connectivity index (χ2n) is 2.87. The summed E-state index contributed by atoms with van der Waals surface area (Å²) in [6, 6.07) is 1.11. The summed E-state index contributed by atoms with van der Waals surface area (Å²) >= 11 is 0. The highest BCUT2D eigenvalue weighted by molar-refractivity contribution is 5.91. The molecule has 0 aliphatic rings. The first-order valence-corrected chi connectivity index (χ1v) is 4.10. The van der Waals surface area contributed by atoms with E-state index in [4.69, 9.17) is 10.5 Å². The monoisotopic (exact) mass is 216 g/mol. The zero-order valence-electron chi connectivity index (χ0n) is 8.25. The molecule has 0 unspecified atom stereocenters. The number of aromatic nitrogens is 1. The summed E-state index contributed by atoms with van der Waals surface area (Å²) in [5.41, 5.74) is 4.62. The van der Waals surface area contributed by atoms with Crippen LogP contribution in [0.4, 0.5) is 8.78 Å². The van der Waals surface area contributed by atoms with Crippen molar-refractivity contribution in [1.82, 2.24) is 4.98 Å². The molecule has 0 spiro atoms. The van der Waals surface area contributed by atoms with Gasteiger partial charge in [-0.1, -0.05) is 0 Å². The Balaban J connectivity index is 3.37. The summed E-state index contributed by atoms with van der Waals surface area (Å²) in [6.45, 7) is 1.37. The third-order valence-corrected chi connectivity index (χ3v) is 1.90. The molecular formula is C9H10F2N2O2. The normalized spacial score (nSPS) is 10.5. The van der Waals surface area contributed by atoms with E-state index in [1.165, 1.54) is 14.0 Å². The van der Waals surface area contributed by atoms with Gasteiger partial charge in [0, 0.05) is 6.07 Å². The van der Waals surface area contributed by atoms with Gasteiger partial charge in [-0.25, -0.2) is 13.8 Å². The van der Waals surface area contributed by atoms with Crippen LogP contribution in [0.2, 0.25) is 0 Å². The van der Waals surface area contributed by atoms with Gasteiger partial charge in [0.15, 0.2) is 0 Å². The summed E-state index contributed by atoms with van der Waals surface area (Å²) in [7, 11) is 1.24. The van der Waals surface area contributed by atoms with E-state index >= 15 is 0 Å². The maximum atomic E-state index is 12.6. The number of amides is 1. The predicted octanol–water partition coefficient (Wildman–Crippen LogP) is 1.44. The molecule has 0 radical (unpaired) electrons. The second-order valence-corrected chi connectivity index (χ2v) is 2.87. The van der Waals surface area contributed by atoms with E-state index in [1.807, 2.05) is 0 Å². The fraction of sp³-hybridized carbons (Fsp3) is 0.333. The Morgan fingerprint density at radius 3 is 2.60 bits per heavy atom. The Morgan fingerprint density at radius 1 is 1.60 bits per heavy atom. The minimum absolute atomic E-state index is 0.0400. The molecule has 0 fully saturated rings. The van der Waals surface area contributed by atoms with Gasteiger partial charge >= 0.3 is 0 Å². The van der Waals surface area contributed by atoms with Crippen molar-refractivity contribution in [2.24, 2.45) is 5.73 Å². The number of nitrogens with zero attached hydrogens (tertiary/aromatic N) is 1. The first-order chi connectivity index (χ1) is 6.97. The third-order valence-electron chi connectivity index (χ3n) is 1.90. The molecule has 2 N–H and O–H groups in total. The van der Waals surface area contributed by atoms with Gasteiger partial charge in [-0.05, 0) is 6.92 Å². The van der Waals surface area contributed by atoms with E-state index in [1.54, 1.807) is 0 Å². The van der Waals surface area contributed by atoms with Gasteiger partial charge in [-0.3, -0.25) is 4.79 Å². The van der Waals surface area contributed by atoms with Crippen LogP contribution in [0.15, 0.2) is 6.07 Å². The van der Waals surface area contributed by atoms with E-state index in [9.17, 15) is 13.6 Å².